The molecule has 1 aliphatic rings. The van der Waals surface area contributed by atoms with Gasteiger partial charge in [0.1, 0.15) is 0 Å². The molecule has 0 amide bonds. The van der Waals surface area contributed by atoms with Gasteiger partial charge in [-0.05, 0) is 26.3 Å². The molecule has 1 nitrogen and oxygen atoms in total. The summed E-state index contributed by atoms with van der Waals surface area (Å²) >= 11 is 0. The molecule has 0 bridgehead atoms. The summed E-state index contributed by atoms with van der Waals surface area (Å²) in [6.07, 6.45) is 4.94. The van der Waals surface area contributed by atoms with E-state index >= 15 is 0 Å². The first-order valence-corrected chi connectivity index (χ1v) is 7.92. The second-order valence-electron chi connectivity index (χ2n) is 4.92. The van der Waals surface area contributed by atoms with Gasteiger partial charge in [0, 0.05) is 5.41 Å². The normalized spacial score (nSPS) is 25.4. The molecule has 0 unspecified atom stereocenters. The van der Waals surface area contributed by atoms with Gasteiger partial charge in [0.05, 0.1) is 5.60 Å². The fourth-order valence-corrected chi connectivity index (χ4v) is 5.26. The molecule has 0 spiro atoms. The van der Waals surface area contributed by atoms with E-state index in [-0.39, 0.29) is 11.0 Å². The minimum Gasteiger partial charge on any atom is -0.403 e. The molecule has 0 aromatic carbocycles. The van der Waals surface area contributed by atoms with E-state index < -0.39 is 8.32 Å². The van der Waals surface area contributed by atoms with Gasteiger partial charge in [0.25, 0.3) is 0 Å². The largest absolute Gasteiger partial charge is 0.403 e. The lowest BCUT2D eigenvalue weighted by atomic mass is 9.72. The van der Waals surface area contributed by atoms with Gasteiger partial charge in [-0.2, -0.15) is 0 Å². The van der Waals surface area contributed by atoms with Crippen LogP contribution < -0.4 is 0 Å². The molecule has 0 aromatic rings. The lowest BCUT2D eigenvalue weighted by molar-refractivity contribution is -0.00132. The fourth-order valence-electron chi connectivity index (χ4n) is 2.47. The van der Waals surface area contributed by atoms with Crippen LogP contribution in [0.2, 0.25) is 6.04 Å². The Balaban J connectivity index is 3.14. The zero-order valence-electron chi connectivity index (χ0n) is 10.5. The monoisotopic (exact) mass is 234 g/mol. The molecule has 1 heterocycles. The Morgan fingerprint density at radius 3 is 1.88 bits per heavy atom. The standard InChI is InChI=1S/C14H22OSi/c1-7-14(8-2)11-12-16(9-3,10-4)15-13(14,5)6/h7-10H,1-4,11-12H2,5-6H3. The lowest BCUT2D eigenvalue weighted by Gasteiger charge is -2.52. The van der Waals surface area contributed by atoms with Crippen molar-refractivity contribution in [2.24, 2.45) is 5.41 Å². The van der Waals surface area contributed by atoms with Crippen molar-refractivity contribution in [3.8, 4) is 0 Å². The molecule has 0 radical (unpaired) electrons. The third-order valence-corrected chi connectivity index (χ3v) is 7.22. The van der Waals surface area contributed by atoms with Crippen molar-refractivity contribution in [2.45, 2.75) is 31.9 Å². The number of rotatable bonds is 4. The average molecular weight is 234 g/mol. The zero-order valence-corrected chi connectivity index (χ0v) is 11.5. The van der Waals surface area contributed by atoms with Crippen LogP contribution in [0.1, 0.15) is 20.3 Å². The summed E-state index contributed by atoms with van der Waals surface area (Å²) in [6, 6.07) is 1.00. The third kappa shape index (κ3) is 1.76. The quantitative estimate of drug-likeness (QED) is 0.529. The summed E-state index contributed by atoms with van der Waals surface area (Å²) in [4.78, 5) is 0. The van der Waals surface area contributed by atoms with Gasteiger partial charge < -0.3 is 4.43 Å². The molecule has 0 atom stereocenters. The second kappa shape index (κ2) is 4.19. The average Bonchev–Trinajstić information content (AvgIpc) is 2.28. The van der Waals surface area contributed by atoms with Crippen LogP contribution in [0.4, 0.5) is 0 Å². The molecular formula is C14H22OSi. The Morgan fingerprint density at radius 1 is 1.06 bits per heavy atom. The van der Waals surface area contributed by atoms with Crippen LogP contribution in [0.3, 0.4) is 0 Å². The first-order valence-electron chi connectivity index (χ1n) is 5.65. The summed E-state index contributed by atoms with van der Waals surface area (Å²) in [7, 11) is -1.96. The minimum atomic E-state index is -1.96. The summed E-state index contributed by atoms with van der Waals surface area (Å²) < 4.78 is 6.32. The van der Waals surface area contributed by atoms with Gasteiger partial charge in [-0.3, -0.25) is 0 Å². The highest BCUT2D eigenvalue weighted by atomic mass is 28.4. The van der Waals surface area contributed by atoms with E-state index in [0.717, 1.165) is 12.5 Å². The topological polar surface area (TPSA) is 9.23 Å². The summed E-state index contributed by atoms with van der Waals surface area (Å²) in [5, 5.41) is 0. The maximum atomic E-state index is 6.32. The van der Waals surface area contributed by atoms with Crippen molar-refractivity contribution in [3.63, 3.8) is 0 Å². The van der Waals surface area contributed by atoms with Crippen LogP contribution in [0, 0.1) is 5.41 Å². The van der Waals surface area contributed by atoms with E-state index in [2.05, 4.69) is 40.2 Å². The highest BCUT2D eigenvalue weighted by Gasteiger charge is 2.51. The molecule has 1 saturated heterocycles. The van der Waals surface area contributed by atoms with Crippen LogP contribution in [-0.2, 0) is 4.43 Å². The van der Waals surface area contributed by atoms with Crippen LogP contribution in [0.25, 0.3) is 0 Å². The van der Waals surface area contributed by atoms with E-state index in [9.17, 15) is 0 Å². The van der Waals surface area contributed by atoms with E-state index in [4.69, 9.17) is 4.43 Å². The van der Waals surface area contributed by atoms with Crippen molar-refractivity contribution < 1.29 is 4.43 Å². The highest BCUT2D eigenvalue weighted by molar-refractivity contribution is 6.83. The summed E-state index contributed by atoms with van der Waals surface area (Å²) in [5.41, 5.74) is 3.51. The smallest absolute Gasteiger partial charge is 0.241 e. The van der Waals surface area contributed by atoms with Gasteiger partial charge in [-0.25, -0.2) is 0 Å². The molecule has 88 valence electrons. The molecule has 0 aromatic heterocycles. The Bertz CT molecular complexity index is 312. The SMILES string of the molecule is C=CC1(C=C)CC[Si](C=C)(C=C)OC1(C)C. The third-order valence-electron chi connectivity index (χ3n) is 3.92. The number of hydrogen-bond acceptors (Lipinski definition) is 1. The van der Waals surface area contributed by atoms with Crippen molar-refractivity contribution in [1.29, 1.82) is 0 Å². The van der Waals surface area contributed by atoms with Gasteiger partial charge in [-0.1, -0.05) is 23.6 Å². The Kier molecular flexibility index (Phi) is 3.46. The summed E-state index contributed by atoms with van der Waals surface area (Å²) in [5.74, 6) is 0. The Morgan fingerprint density at radius 2 is 1.56 bits per heavy atom. The molecule has 1 rings (SSSR count). The molecular weight excluding hydrogens is 212 g/mol. The highest BCUT2D eigenvalue weighted by Crippen LogP contribution is 2.49. The maximum absolute atomic E-state index is 6.32. The van der Waals surface area contributed by atoms with Gasteiger partial charge in [-0.15, -0.1) is 26.3 Å². The second-order valence-corrected chi connectivity index (χ2v) is 8.35. The predicted molar refractivity (Wildman–Crippen MR) is 73.6 cm³/mol. The van der Waals surface area contributed by atoms with E-state index in [1.807, 2.05) is 23.6 Å². The zero-order chi connectivity index (χ0) is 12.4. The van der Waals surface area contributed by atoms with Crippen LogP contribution in [0.15, 0.2) is 49.9 Å². The van der Waals surface area contributed by atoms with E-state index in [1.54, 1.807) is 0 Å². The molecule has 0 N–H and O–H groups in total. The molecule has 1 aliphatic heterocycles. The van der Waals surface area contributed by atoms with Crippen LogP contribution in [0.5, 0.6) is 0 Å². The van der Waals surface area contributed by atoms with Crippen molar-refractivity contribution in [3.05, 3.63) is 49.9 Å². The van der Waals surface area contributed by atoms with Crippen LogP contribution >= 0.6 is 0 Å². The molecule has 2 heteroatoms. The van der Waals surface area contributed by atoms with Crippen molar-refractivity contribution in [1.82, 2.24) is 0 Å². The molecule has 0 aliphatic carbocycles. The minimum absolute atomic E-state index is 0.143. The molecule has 0 saturated carbocycles. The van der Waals surface area contributed by atoms with Gasteiger partial charge >= 0.3 is 0 Å². The predicted octanol–water partition coefficient (Wildman–Crippen LogP) is 3.94. The van der Waals surface area contributed by atoms with Crippen molar-refractivity contribution in [2.75, 3.05) is 0 Å². The molecule has 1 fully saturated rings. The Hall–Kier alpha value is -0.863. The first kappa shape index (κ1) is 13.2. The van der Waals surface area contributed by atoms with E-state index in [1.165, 1.54) is 0 Å². The fraction of sp³-hybridized carbons (Fsp3) is 0.429. The van der Waals surface area contributed by atoms with Crippen LogP contribution in [-0.4, -0.2) is 13.9 Å². The van der Waals surface area contributed by atoms with Crippen molar-refractivity contribution >= 4 is 8.32 Å². The van der Waals surface area contributed by atoms with E-state index in [0.29, 0.717) is 0 Å². The van der Waals surface area contributed by atoms with Gasteiger partial charge in [0.15, 0.2) is 0 Å². The summed E-state index contributed by atoms with van der Waals surface area (Å²) in [6.45, 7) is 19.9. The number of hydrogen-bond donors (Lipinski definition) is 0. The lowest BCUT2D eigenvalue weighted by Crippen LogP contribution is -2.56. The maximum Gasteiger partial charge on any atom is 0.241 e. The Labute approximate surface area is 100 Å². The van der Waals surface area contributed by atoms with Gasteiger partial charge in [0.2, 0.25) is 8.32 Å². The molecule has 16 heavy (non-hydrogen) atoms. The first-order chi connectivity index (χ1) is 7.41.